The lowest BCUT2D eigenvalue weighted by molar-refractivity contribution is 0.217. The molecule has 90 valence electrons. The Kier molecular flexibility index (Phi) is 7.03. The summed E-state index contributed by atoms with van der Waals surface area (Å²) < 4.78 is 0. The van der Waals surface area contributed by atoms with Gasteiger partial charge in [0.05, 0.1) is 0 Å². The fraction of sp³-hybridized carbons (Fsp3) is 1.00. The molecule has 15 heavy (non-hydrogen) atoms. The monoisotopic (exact) mass is 213 g/mol. The second-order valence-corrected chi connectivity index (χ2v) is 4.95. The smallest absolute Gasteiger partial charge is 0.0471 e. The van der Waals surface area contributed by atoms with E-state index in [2.05, 4.69) is 12.2 Å². The molecule has 1 aliphatic carbocycles. The van der Waals surface area contributed by atoms with E-state index in [1.54, 1.807) is 0 Å². The average molecular weight is 213 g/mol. The van der Waals surface area contributed by atoms with Crippen molar-refractivity contribution < 1.29 is 5.11 Å². The van der Waals surface area contributed by atoms with E-state index < -0.39 is 0 Å². The molecule has 0 saturated heterocycles. The molecule has 0 bridgehead atoms. The van der Waals surface area contributed by atoms with E-state index in [9.17, 15) is 0 Å². The van der Waals surface area contributed by atoms with Crippen LogP contribution < -0.4 is 5.32 Å². The van der Waals surface area contributed by atoms with Crippen molar-refractivity contribution in [2.24, 2.45) is 11.8 Å². The molecule has 1 rings (SSSR count). The molecule has 0 aromatic rings. The van der Waals surface area contributed by atoms with Gasteiger partial charge in [0.15, 0.2) is 0 Å². The number of hydrogen-bond donors (Lipinski definition) is 2. The quantitative estimate of drug-likeness (QED) is 0.637. The standard InChI is InChI=1S/C13H27NO/c1-2-12(11-15)10-14-9-8-13-6-4-3-5-7-13/h12-15H,2-11H2,1H3. The Balaban J connectivity index is 1.95. The van der Waals surface area contributed by atoms with Crippen LogP contribution in [-0.2, 0) is 0 Å². The van der Waals surface area contributed by atoms with Gasteiger partial charge in [0.1, 0.15) is 0 Å². The molecule has 2 N–H and O–H groups in total. The first-order chi connectivity index (χ1) is 7.36. The molecule has 0 spiro atoms. The van der Waals surface area contributed by atoms with E-state index >= 15 is 0 Å². The highest BCUT2D eigenvalue weighted by molar-refractivity contribution is 4.67. The zero-order valence-corrected chi connectivity index (χ0v) is 10.2. The summed E-state index contributed by atoms with van der Waals surface area (Å²) in [5.41, 5.74) is 0. The maximum atomic E-state index is 9.03. The van der Waals surface area contributed by atoms with Gasteiger partial charge in [-0.2, -0.15) is 0 Å². The minimum Gasteiger partial charge on any atom is -0.396 e. The third kappa shape index (κ3) is 5.53. The largest absolute Gasteiger partial charge is 0.396 e. The SMILES string of the molecule is CCC(CO)CNCCC1CCCCC1. The number of aliphatic hydroxyl groups excluding tert-OH is 1. The summed E-state index contributed by atoms with van der Waals surface area (Å²) in [6, 6.07) is 0. The van der Waals surface area contributed by atoms with Crippen LogP contribution >= 0.6 is 0 Å². The van der Waals surface area contributed by atoms with E-state index in [0.717, 1.165) is 25.4 Å². The molecule has 2 nitrogen and oxygen atoms in total. The van der Waals surface area contributed by atoms with Gasteiger partial charge in [0.2, 0.25) is 0 Å². The summed E-state index contributed by atoms with van der Waals surface area (Å²) in [4.78, 5) is 0. The Morgan fingerprint density at radius 2 is 2.00 bits per heavy atom. The van der Waals surface area contributed by atoms with Gasteiger partial charge in [-0.05, 0) is 31.2 Å². The van der Waals surface area contributed by atoms with Gasteiger partial charge in [-0.15, -0.1) is 0 Å². The van der Waals surface area contributed by atoms with Crippen molar-refractivity contribution in [2.45, 2.75) is 51.9 Å². The van der Waals surface area contributed by atoms with Crippen molar-refractivity contribution >= 4 is 0 Å². The molecule has 1 unspecified atom stereocenters. The van der Waals surface area contributed by atoms with Gasteiger partial charge in [-0.25, -0.2) is 0 Å². The maximum absolute atomic E-state index is 9.03. The first-order valence-corrected chi connectivity index (χ1v) is 6.68. The summed E-state index contributed by atoms with van der Waals surface area (Å²) in [5.74, 6) is 1.43. The summed E-state index contributed by atoms with van der Waals surface area (Å²) in [6.07, 6.45) is 9.64. The van der Waals surface area contributed by atoms with Crippen molar-refractivity contribution in [2.75, 3.05) is 19.7 Å². The van der Waals surface area contributed by atoms with Crippen LogP contribution in [0.2, 0.25) is 0 Å². The van der Waals surface area contributed by atoms with Gasteiger partial charge in [0, 0.05) is 13.2 Å². The Bertz CT molecular complexity index is 139. The predicted molar refractivity (Wildman–Crippen MR) is 64.9 cm³/mol. The molecule has 2 heteroatoms. The van der Waals surface area contributed by atoms with Crippen LogP contribution in [-0.4, -0.2) is 24.8 Å². The molecule has 0 aromatic carbocycles. The highest BCUT2D eigenvalue weighted by Gasteiger charge is 2.12. The molecular formula is C13H27NO. The van der Waals surface area contributed by atoms with Gasteiger partial charge >= 0.3 is 0 Å². The van der Waals surface area contributed by atoms with E-state index in [1.807, 2.05) is 0 Å². The number of hydrogen-bond acceptors (Lipinski definition) is 2. The van der Waals surface area contributed by atoms with Crippen LogP contribution in [0.4, 0.5) is 0 Å². The fourth-order valence-corrected chi connectivity index (χ4v) is 2.43. The molecule has 1 saturated carbocycles. The minimum atomic E-state index is 0.326. The molecule has 0 aromatic heterocycles. The summed E-state index contributed by atoms with van der Waals surface area (Å²) >= 11 is 0. The van der Waals surface area contributed by atoms with Crippen LogP contribution in [0.1, 0.15) is 51.9 Å². The lowest BCUT2D eigenvalue weighted by atomic mass is 9.87. The molecule has 0 amide bonds. The second-order valence-electron chi connectivity index (χ2n) is 4.95. The molecule has 0 radical (unpaired) electrons. The Labute approximate surface area is 94.5 Å². The first kappa shape index (κ1) is 13.0. The fourth-order valence-electron chi connectivity index (χ4n) is 2.43. The van der Waals surface area contributed by atoms with E-state index in [0.29, 0.717) is 12.5 Å². The zero-order chi connectivity index (χ0) is 10.9. The summed E-state index contributed by atoms with van der Waals surface area (Å²) in [6.45, 7) is 4.59. The Morgan fingerprint density at radius 3 is 2.60 bits per heavy atom. The molecule has 0 heterocycles. The minimum absolute atomic E-state index is 0.326. The lowest BCUT2D eigenvalue weighted by Gasteiger charge is -2.22. The average Bonchev–Trinajstić information content (AvgIpc) is 2.31. The second kappa shape index (κ2) is 8.12. The highest BCUT2D eigenvalue weighted by Crippen LogP contribution is 2.25. The van der Waals surface area contributed by atoms with Crippen LogP contribution in [0.15, 0.2) is 0 Å². The predicted octanol–water partition coefficient (Wildman–Crippen LogP) is 2.56. The topological polar surface area (TPSA) is 32.3 Å². The van der Waals surface area contributed by atoms with Crippen LogP contribution in [0.5, 0.6) is 0 Å². The third-order valence-electron chi connectivity index (χ3n) is 3.72. The third-order valence-corrected chi connectivity index (χ3v) is 3.72. The molecule has 1 fully saturated rings. The Morgan fingerprint density at radius 1 is 1.27 bits per heavy atom. The van der Waals surface area contributed by atoms with Crippen LogP contribution in [0.25, 0.3) is 0 Å². The van der Waals surface area contributed by atoms with Crippen molar-refractivity contribution in [3.8, 4) is 0 Å². The van der Waals surface area contributed by atoms with Gasteiger partial charge in [-0.1, -0.05) is 39.0 Å². The van der Waals surface area contributed by atoms with Gasteiger partial charge in [0.25, 0.3) is 0 Å². The van der Waals surface area contributed by atoms with Crippen molar-refractivity contribution in [3.63, 3.8) is 0 Å². The van der Waals surface area contributed by atoms with E-state index in [1.165, 1.54) is 38.5 Å². The number of aliphatic hydroxyl groups is 1. The van der Waals surface area contributed by atoms with Crippen molar-refractivity contribution in [1.82, 2.24) is 5.32 Å². The first-order valence-electron chi connectivity index (χ1n) is 6.68. The van der Waals surface area contributed by atoms with E-state index in [-0.39, 0.29) is 0 Å². The molecular weight excluding hydrogens is 186 g/mol. The number of rotatable bonds is 7. The zero-order valence-electron chi connectivity index (χ0n) is 10.2. The summed E-state index contributed by atoms with van der Waals surface area (Å²) in [5, 5.41) is 12.5. The van der Waals surface area contributed by atoms with Crippen LogP contribution in [0.3, 0.4) is 0 Å². The normalized spacial score (nSPS) is 20.4. The van der Waals surface area contributed by atoms with Crippen LogP contribution in [0, 0.1) is 11.8 Å². The van der Waals surface area contributed by atoms with Crippen molar-refractivity contribution in [3.05, 3.63) is 0 Å². The van der Waals surface area contributed by atoms with Gasteiger partial charge < -0.3 is 10.4 Å². The maximum Gasteiger partial charge on any atom is 0.0471 e. The van der Waals surface area contributed by atoms with E-state index in [4.69, 9.17) is 5.11 Å². The molecule has 1 aliphatic rings. The Hall–Kier alpha value is -0.0800. The van der Waals surface area contributed by atoms with Crippen molar-refractivity contribution in [1.29, 1.82) is 0 Å². The lowest BCUT2D eigenvalue weighted by Crippen LogP contribution is -2.27. The molecule has 0 aliphatic heterocycles. The highest BCUT2D eigenvalue weighted by atomic mass is 16.3. The summed E-state index contributed by atoms with van der Waals surface area (Å²) in [7, 11) is 0. The van der Waals surface area contributed by atoms with Gasteiger partial charge in [-0.3, -0.25) is 0 Å². The molecule has 1 atom stereocenters. The number of nitrogens with one attached hydrogen (secondary N) is 1.